The van der Waals surface area contributed by atoms with Crippen LogP contribution >= 0.6 is 11.8 Å². The van der Waals surface area contributed by atoms with Gasteiger partial charge in [-0.25, -0.2) is 4.98 Å². The number of fused-ring (bicyclic) bond motifs is 2. The Hall–Kier alpha value is -3.38. The Bertz CT molecular complexity index is 1310. The normalized spacial score (nSPS) is 13.0. The van der Waals surface area contributed by atoms with Gasteiger partial charge in [0, 0.05) is 24.8 Å². The highest BCUT2D eigenvalue weighted by atomic mass is 32.2. The Labute approximate surface area is 191 Å². The van der Waals surface area contributed by atoms with Crippen LogP contribution in [0, 0.1) is 0 Å². The van der Waals surface area contributed by atoms with E-state index in [2.05, 4.69) is 34.9 Å². The number of hydrogen-bond acceptors (Lipinski definition) is 4. The minimum atomic E-state index is 0.0430. The molecule has 0 radical (unpaired) electrons. The molecule has 0 spiro atoms. The highest BCUT2D eigenvalue weighted by Gasteiger charge is 2.25. The Morgan fingerprint density at radius 1 is 1.03 bits per heavy atom. The van der Waals surface area contributed by atoms with Crippen LogP contribution in [0.5, 0.6) is 0 Å². The van der Waals surface area contributed by atoms with Crippen LogP contribution in [0.15, 0.2) is 78.0 Å². The highest BCUT2D eigenvalue weighted by molar-refractivity contribution is 7.99. The second kappa shape index (κ2) is 8.63. The van der Waals surface area contributed by atoms with Crippen molar-refractivity contribution in [3.63, 3.8) is 0 Å². The minimum absolute atomic E-state index is 0.0430. The number of ketones is 1. The summed E-state index contributed by atoms with van der Waals surface area (Å²) < 4.78 is 2.20. The van der Waals surface area contributed by atoms with Crippen molar-refractivity contribution in [3.8, 4) is 0 Å². The molecule has 32 heavy (non-hydrogen) atoms. The molecule has 0 aliphatic carbocycles. The number of para-hydroxylation sites is 2. The predicted molar refractivity (Wildman–Crippen MR) is 128 cm³/mol. The number of carbonyl (C=O) groups excluding carboxylic acids is 2. The molecule has 0 atom stereocenters. The molecule has 1 aliphatic heterocycles. The molecule has 1 aliphatic rings. The van der Waals surface area contributed by atoms with Crippen molar-refractivity contribution in [2.45, 2.75) is 24.5 Å². The molecule has 0 saturated heterocycles. The molecular weight excluding hydrogens is 418 g/mol. The predicted octanol–water partition coefficient (Wildman–Crippen LogP) is 4.77. The van der Waals surface area contributed by atoms with Crippen LogP contribution < -0.4 is 4.90 Å². The molecule has 6 heteroatoms. The van der Waals surface area contributed by atoms with Gasteiger partial charge >= 0.3 is 0 Å². The van der Waals surface area contributed by atoms with Crippen molar-refractivity contribution >= 4 is 40.2 Å². The lowest BCUT2D eigenvalue weighted by atomic mass is 10.1. The van der Waals surface area contributed by atoms with Crippen LogP contribution in [0.4, 0.5) is 5.69 Å². The van der Waals surface area contributed by atoms with Gasteiger partial charge in [0.25, 0.3) is 0 Å². The number of Topliss-reactive ketones (excluding diaryl/α,β-unsaturated/α-hetero) is 1. The summed E-state index contributed by atoms with van der Waals surface area (Å²) in [7, 11) is 1.77. The van der Waals surface area contributed by atoms with E-state index in [0.717, 1.165) is 40.4 Å². The highest BCUT2D eigenvalue weighted by Crippen LogP contribution is 2.30. The van der Waals surface area contributed by atoms with E-state index >= 15 is 0 Å². The van der Waals surface area contributed by atoms with E-state index < -0.39 is 0 Å². The van der Waals surface area contributed by atoms with Crippen molar-refractivity contribution in [3.05, 3.63) is 89.5 Å². The van der Waals surface area contributed by atoms with Gasteiger partial charge in [-0.2, -0.15) is 0 Å². The standard InChI is InChI=1S/C26H23N3O2S/c1-28-22-12-11-19(15-20(22)16-25(28)31)24(30)17-32-26-27-21-9-5-6-10-23(21)29(26)14-13-18-7-3-2-4-8-18/h2-12,15H,13-14,16-17H2,1H3. The summed E-state index contributed by atoms with van der Waals surface area (Å²) in [6.45, 7) is 0.800. The Morgan fingerprint density at radius 2 is 1.81 bits per heavy atom. The van der Waals surface area contributed by atoms with Gasteiger partial charge in [0.2, 0.25) is 5.91 Å². The third-order valence-electron chi connectivity index (χ3n) is 5.90. The number of aromatic nitrogens is 2. The topological polar surface area (TPSA) is 55.2 Å². The second-order valence-corrected chi connectivity index (χ2v) is 8.90. The summed E-state index contributed by atoms with van der Waals surface area (Å²) in [4.78, 5) is 31.3. The van der Waals surface area contributed by atoms with Crippen LogP contribution in [0.25, 0.3) is 11.0 Å². The van der Waals surface area contributed by atoms with E-state index in [1.165, 1.54) is 17.3 Å². The molecule has 5 rings (SSSR count). The molecule has 2 heterocycles. The minimum Gasteiger partial charge on any atom is -0.319 e. The fraction of sp³-hybridized carbons (Fsp3) is 0.192. The maximum Gasteiger partial charge on any atom is 0.231 e. The summed E-state index contributed by atoms with van der Waals surface area (Å²) in [5, 5.41) is 0.853. The van der Waals surface area contributed by atoms with Crippen LogP contribution in [0.3, 0.4) is 0 Å². The van der Waals surface area contributed by atoms with E-state index in [9.17, 15) is 9.59 Å². The molecule has 160 valence electrons. The lowest BCUT2D eigenvalue weighted by Crippen LogP contribution is -2.20. The number of nitrogens with zero attached hydrogens (tertiary/aromatic N) is 3. The molecule has 4 aromatic rings. The summed E-state index contributed by atoms with van der Waals surface area (Å²) >= 11 is 1.47. The van der Waals surface area contributed by atoms with E-state index in [0.29, 0.717) is 17.7 Å². The molecule has 0 fully saturated rings. The van der Waals surface area contributed by atoms with E-state index in [-0.39, 0.29) is 11.7 Å². The van der Waals surface area contributed by atoms with Crippen molar-refractivity contribution in [2.24, 2.45) is 0 Å². The number of thioether (sulfide) groups is 1. The first-order valence-electron chi connectivity index (χ1n) is 10.6. The number of amides is 1. The molecule has 1 aromatic heterocycles. The maximum atomic E-state index is 12.9. The summed E-state index contributed by atoms with van der Waals surface area (Å²) in [6, 6.07) is 24.0. The van der Waals surface area contributed by atoms with Crippen molar-refractivity contribution in [2.75, 3.05) is 17.7 Å². The van der Waals surface area contributed by atoms with Crippen molar-refractivity contribution in [1.82, 2.24) is 9.55 Å². The van der Waals surface area contributed by atoms with Gasteiger partial charge in [0.15, 0.2) is 10.9 Å². The molecular formula is C26H23N3O2S. The summed E-state index contributed by atoms with van der Waals surface area (Å²) in [5.74, 6) is 0.407. The quantitative estimate of drug-likeness (QED) is 0.306. The van der Waals surface area contributed by atoms with Gasteiger partial charge in [-0.3, -0.25) is 9.59 Å². The monoisotopic (exact) mass is 441 g/mol. The third-order valence-corrected chi connectivity index (χ3v) is 6.87. The smallest absolute Gasteiger partial charge is 0.231 e. The first-order valence-corrected chi connectivity index (χ1v) is 11.6. The van der Waals surface area contributed by atoms with Gasteiger partial charge in [0.1, 0.15) is 0 Å². The molecule has 0 bridgehead atoms. The Kier molecular flexibility index (Phi) is 5.53. The molecule has 0 unspecified atom stereocenters. The zero-order valence-electron chi connectivity index (χ0n) is 17.8. The largest absolute Gasteiger partial charge is 0.319 e. The second-order valence-electron chi connectivity index (χ2n) is 7.96. The first kappa shape index (κ1) is 20.5. The molecule has 1 amide bonds. The average molecular weight is 442 g/mol. The lowest BCUT2D eigenvalue weighted by molar-refractivity contribution is -0.117. The number of aryl methyl sites for hydroxylation is 2. The first-order chi connectivity index (χ1) is 15.6. The van der Waals surface area contributed by atoms with Gasteiger partial charge in [-0.1, -0.05) is 54.2 Å². The number of carbonyl (C=O) groups is 2. The summed E-state index contributed by atoms with van der Waals surface area (Å²) in [5.41, 5.74) is 5.75. The Balaban J connectivity index is 1.34. The van der Waals surface area contributed by atoms with E-state index in [1.807, 2.05) is 42.5 Å². The van der Waals surface area contributed by atoms with Crippen LogP contribution in [-0.4, -0.2) is 34.0 Å². The zero-order chi connectivity index (χ0) is 22.1. The number of imidazole rings is 1. The van der Waals surface area contributed by atoms with Gasteiger partial charge < -0.3 is 9.47 Å². The average Bonchev–Trinajstić information content (AvgIpc) is 3.32. The van der Waals surface area contributed by atoms with Gasteiger partial charge in [-0.15, -0.1) is 0 Å². The molecule has 3 aromatic carbocycles. The van der Waals surface area contributed by atoms with E-state index in [1.54, 1.807) is 11.9 Å². The van der Waals surface area contributed by atoms with Gasteiger partial charge in [0.05, 0.1) is 23.2 Å². The number of likely N-dealkylation sites (N-methyl/N-ethyl adjacent to an activating group) is 1. The Morgan fingerprint density at radius 3 is 2.66 bits per heavy atom. The molecule has 0 N–H and O–H groups in total. The number of anilines is 1. The van der Waals surface area contributed by atoms with Crippen LogP contribution in [-0.2, 0) is 24.2 Å². The fourth-order valence-electron chi connectivity index (χ4n) is 4.12. The number of hydrogen-bond donors (Lipinski definition) is 0. The van der Waals surface area contributed by atoms with E-state index in [4.69, 9.17) is 4.98 Å². The molecule has 0 saturated carbocycles. The number of rotatable bonds is 7. The van der Waals surface area contributed by atoms with Crippen molar-refractivity contribution < 1.29 is 9.59 Å². The number of benzene rings is 3. The SMILES string of the molecule is CN1C(=O)Cc2cc(C(=O)CSc3nc4ccccc4n3CCc3ccccc3)ccc21. The van der Waals surface area contributed by atoms with Gasteiger partial charge in [-0.05, 0) is 47.9 Å². The molecule has 5 nitrogen and oxygen atoms in total. The fourth-order valence-corrected chi connectivity index (χ4v) is 5.06. The third kappa shape index (κ3) is 3.94. The lowest BCUT2D eigenvalue weighted by Gasteiger charge is -2.11. The van der Waals surface area contributed by atoms with Crippen LogP contribution in [0.2, 0.25) is 0 Å². The van der Waals surface area contributed by atoms with Crippen molar-refractivity contribution in [1.29, 1.82) is 0 Å². The zero-order valence-corrected chi connectivity index (χ0v) is 18.6. The van der Waals surface area contributed by atoms with Crippen LogP contribution in [0.1, 0.15) is 21.5 Å². The maximum absolute atomic E-state index is 12.9. The summed E-state index contributed by atoms with van der Waals surface area (Å²) in [6.07, 6.45) is 1.25.